The first kappa shape index (κ1) is 41.3. The molecule has 0 bridgehead atoms. The summed E-state index contributed by atoms with van der Waals surface area (Å²) >= 11 is 0.816. The monoisotopic (exact) mass is 732 g/mol. The third-order valence-corrected chi connectivity index (χ3v) is 7.50. The molecular weight excluding hydrogens is 688 g/mol. The first-order valence-electron chi connectivity index (χ1n) is 15.7. The minimum atomic E-state index is -1.08. The topological polar surface area (TPSA) is 344 Å². The predicted octanol–water partition coefficient (Wildman–Crippen LogP) is -3.04. The molecule has 1 heterocycles. The summed E-state index contributed by atoms with van der Waals surface area (Å²) in [7, 11) is 0. The molecule has 2 atom stereocenters. The number of aliphatic imine (C=N–C) groups is 2. The van der Waals surface area contributed by atoms with Gasteiger partial charge in [-0.2, -0.15) is 0 Å². The Kier molecular flexibility index (Phi) is 17.8. The number of rotatable bonds is 22. The number of carbonyl (C=O) groups excluding carboxylic acids is 7. The lowest BCUT2D eigenvalue weighted by Crippen LogP contribution is -2.52. The van der Waals surface area contributed by atoms with Crippen LogP contribution >= 0.6 is 11.8 Å². The number of nitrogens with two attached hydrogens (primary N) is 5. The van der Waals surface area contributed by atoms with E-state index in [-0.39, 0.29) is 55.8 Å². The SMILES string of the molecule is NC(=O)CNC(=O)C(CCCN=C(N)N)NC(=O)CNC(=O)C(CCCN=C(N)N)NC(=O)CCCOc1ccc(/C=C2\SC(=O)NC2=O)cc1. The van der Waals surface area contributed by atoms with Crippen molar-refractivity contribution in [3.05, 3.63) is 34.7 Å². The number of imide groups is 1. The van der Waals surface area contributed by atoms with E-state index in [0.717, 1.165) is 11.8 Å². The number of hydrogen-bond acceptors (Lipinski definition) is 11. The zero-order valence-corrected chi connectivity index (χ0v) is 28.6. The second kappa shape index (κ2) is 22.0. The smallest absolute Gasteiger partial charge is 0.290 e. The van der Waals surface area contributed by atoms with Crippen molar-refractivity contribution in [2.45, 2.75) is 50.6 Å². The average Bonchev–Trinajstić information content (AvgIpc) is 3.39. The molecule has 0 aromatic heterocycles. The van der Waals surface area contributed by atoms with Crippen molar-refractivity contribution in [3.63, 3.8) is 0 Å². The molecule has 1 aliphatic rings. The average molecular weight is 733 g/mol. The van der Waals surface area contributed by atoms with Gasteiger partial charge in [0.05, 0.1) is 24.6 Å². The summed E-state index contributed by atoms with van der Waals surface area (Å²) in [6.45, 7) is -0.414. The normalized spacial score (nSPS) is 14.0. The summed E-state index contributed by atoms with van der Waals surface area (Å²) in [5.74, 6) is -3.47. The minimum absolute atomic E-state index is 0.0185. The molecule has 51 heavy (non-hydrogen) atoms. The molecule has 1 fully saturated rings. The quantitative estimate of drug-likeness (QED) is 0.0246. The summed E-state index contributed by atoms with van der Waals surface area (Å²) in [6, 6.07) is 4.67. The molecule has 1 aromatic rings. The molecule has 21 heteroatoms. The second-order valence-electron chi connectivity index (χ2n) is 10.9. The van der Waals surface area contributed by atoms with Gasteiger partial charge in [0.25, 0.3) is 11.1 Å². The Morgan fingerprint density at radius 3 is 1.84 bits per heavy atom. The molecule has 2 rings (SSSR count). The Hall–Kier alpha value is -5.86. The van der Waals surface area contributed by atoms with Gasteiger partial charge in [0, 0.05) is 19.5 Å². The second-order valence-corrected chi connectivity index (χ2v) is 11.9. The van der Waals surface area contributed by atoms with Crippen LogP contribution in [-0.2, 0) is 28.8 Å². The number of thioether (sulfide) groups is 1. The lowest BCUT2D eigenvalue weighted by Gasteiger charge is -2.20. The highest BCUT2D eigenvalue weighted by Gasteiger charge is 2.25. The summed E-state index contributed by atoms with van der Waals surface area (Å²) < 4.78 is 5.69. The Morgan fingerprint density at radius 2 is 1.33 bits per heavy atom. The van der Waals surface area contributed by atoms with Crippen LogP contribution in [0.4, 0.5) is 4.79 Å². The van der Waals surface area contributed by atoms with Crippen LogP contribution in [0.15, 0.2) is 39.2 Å². The Labute approximate surface area is 297 Å². The van der Waals surface area contributed by atoms with Crippen LogP contribution in [0.1, 0.15) is 44.1 Å². The zero-order chi connectivity index (χ0) is 37.8. The van der Waals surface area contributed by atoms with Gasteiger partial charge in [-0.15, -0.1) is 0 Å². The lowest BCUT2D eigenvalue weighted by molar-refractivity contribution is -0.132. The molecule has 0 radical (unpaired) electrons. The molecular formula is C30H44N12O8S. The molecule has 2 unspecified atom stereocenters. The minimum Gasteiger partial charge on any atom is -0.494 e. The van der Waals surface area contributed by atoms with Gasteiger partial charge in [-0.25, -0.2) is 0 Å². The van der Waals surface area contributed by atoms with Crippen LogP contribution < -0.4 is 60.0 Å². The maximum absolute atomic E-state index is 13.0. The highest BCUT2D eigenvalue weighted by Crippen LogP contribution is 2.26. The van der Waals surface area contributed by atoms with Crippen molar-refractivity contribution in [2.24, 2.45) is 38.7 Å². The van der Waals surface area contributed by atoms with Crippen molar-refractivity contribution in [1.29, 1.82) is 0 Å². The number of amides is 7. The number of nitrogens with zero attached hydrogens (tertiary/aromatic N) is 2. The maximum Gasteiger partial charge on any atom is 0.290 e. The van der Waals surface area contributed by atoms with Crippen molar-refractivity contribution in [1.82, 2.24) is 26.6 Å². The number of benzene rings is 1. The molecule has 1 aromatic carbocycles. The van der Waals surface area contributed by atoms with Gasteiger partial charge < -0.3 is 54.7 Å². The number of ether oxygens (including phenoxy) is 1. The number of guanidine groups is 2. The maximum atomic E-state index is 13.0. The van der Waals surface area contributed by atoms with Crippen LogP contribution in [0.5, 0.6) is 5.75 Å². The van der Waals surface area contributed by atoms with E-state index in [0.29, 0.717) is 30.6 Å². The first-order chi connectivity index (χ1) is 24.2. The van der Waals surface area contributed by atoms with E-state index in [4.69, 9.17) is 33.4 Å². The van der Waals surface area contributed by atoms with Crippen LogP contribution in [0, 0.1) is 0 Å². The van der Waals surface area contributed by atoms with Gasteiger partial charge in [-0.1, -0.05) is 12.1 Å². The highest BCUT2D eigenvalue weighted by atomic mass is 32.2. The van der Waals surface area contributed by atoms with Gasteiger partial charge in [0.1, 0.15) is 17.8 Å². The summed E-state index contributed by atoms with van der Waals surface area (Å²) in [5, 5.41) is 11.7. The van der Waals surface area contributed by atoms with Gasteiger partial charge in [-0.3, -0.25) is 48.9 Å². The summed E-state index contributed by atoms with van der Waals surface area (Å²) in [6.07, 6.45) is 2.80. The lowest BCUT2D eigenvalue weighted by atomic mass is 10.1. The number of primary amides is 1. The fourth-order valence-electron chi connectivity index (χ4n) is 4.30. The standard InChI is InChI=1S/C30H44N12O8S/c31-22(43)15-38-25(46)20(5-2-12-37-29(34)35)41-24(45)16-39-26(47)19(4-1-11-36-28(32)33)40-23(44)6-3-13-50-18-9-7-17(8-10-18)14-21-27(48)42-30(49)51-21/h7-10,14,19-20H,1-6,11-13,15-16H2,(H2,31,43)(H,38,46)(H,39,47)(H,40,44)(H,41,45)(H4,32,33,36)(H4,34,35,37)(H,42,48,49)/b21-14-. The van der Waals surface area contributed by atoms with E-state index in [1.54, 1.807) is 30.3 Å². The number of carbonyl (C=O) groups is 7. The van der Waals surface area contributed by atoms with Crippen LogP contribution in [0.3, 0.4) is 0 Å². The molecule has 0 aliphatic carbocycles. The first-order valence-corrected chi connectivity index (χ1v) is 16.6. The van der Waals surface area contributed by atoms with E-state index < -0.39 is 65.9 Å². The van der Waals surface area contributed by atoms with E-state index in [9.17, 15) is 33.6 Å². The third-order valence-electron chi connectivity index (χ3n) is 6.69. The van der Waals surface area contributed by atoms with E-state index in [1.807, 2.05) is 0 Å². The molecule has 7 amide bonds. The van der Waals surface area contributed by atoms with Gasteiger partial charge in [0.15, 0.2) is 11.9 Å². The summed E-state index contributed by atoms with van der Waals surface area (Å²) in [5.41, 5.74) is 27.1. The van der Waals surface area contributed by atoms with Gasteiger partial charge in [0.2, 0.25) is 29.5 Å². The predicted molar refractivity (Wildman–Crippen MR) is 189 cm³/mol. The molecule has 20 nitrogen and oxygen atoms in total. The number of hydrogen-bond donors (Lipinski definition) is 10. The Balaban J connectivity index is 1.89. The fourth-order valence-corrected chi connectivity index (χ4v) is 4.98. The molecule has 0 spiro atoms. The Bertz CT molecular complexity index is 1510. The fraction of sp³-hybridized carbons (Fsp3) is 0.433. The molecule has 0 saturated carbocycles. The number of nitrogens with one attached hydrogen (secondary N) is 5. The van der Waals surface area contributed by atoms with Crippen molar-refractivity contribution < 1.29 is 38.3 Å². The van der Waals surface area contributed by atoms with Crippen molar-refractivity contribution in [3.8, 4) is 5.75 Å². The van der Waals surface area contributed by atoms with Gasteiger partial charge >= 0.3 is 0 Å². The van der Waals surface area contributed by atoms with E-state index in [1.165, 1.54) is 0 Å². The van der Waals surface area contributed by atoms with E-state index in [2.05, 4.69) is 36.6 Å². The highest BCUT2D eigenvalue weighted by molar-refractivity contribution is 8.18. The van der Waals surface area contributed by atoms with Crippen molar-refractivity contribution >= 4 is 70.4 Å². The Morgan fingerprint density at radius 1 is 0.784 bits per heavy atom. The molecule has 278 valence electrons. The van der Waals surface area contributed by atoms with Gasteiger partial charge in [-0.05, 0) is 67.6 Å². The van der Waals surface area contributed by atoms with Crippen molar-refractivity contribution in [2.75, 3.05) is 32.8 Å². The van der Waals surface area contributed by atoms with Crippen LogP contribution in [0.2, 0.25) is 0 Å². The van der Waals surface area contributed by atoms with E-state index >= 15 is 0 Å². The largest absolute Gasteiger partial charge is 0.494 e. The third kappa shape index (κ3) is 17.4. The van der Waals surface area contributed by atoms with Crippen LogP contribution in [0.25, 0.3) is 6.08 Å². The molecule has 15 N–H and O–H groups in total. The molecule has 1 aliphatic heterocycles. The molecule has 1 saturated heterocycles. The zero-order valence-electron chi connectivity index (χ0n) is 27.8. The van der Waals surface area contributed by atoms with Crippen LogP contribution in [-0.4, -0.2) is 97.5 Å². The summed E-state index contributed by atoms with van der Waals surface area (Å²) in [4.78, 5) is 93.1.